The van der Waals surface area contributed by atoms with E-state index in [9.17, 15) is 14.0 Å². The van der Waals surface area contributed by atoms with Crippen molar-refractivity contribution in [1.82, 2.24) is 9.80 Å². The van der Waals surface area contributed by atoms with Gasteiger partial charge in [0.15, 0.2) is 11.5 Å². The van der Waals surface area contributed by atoms with Crippen LogP contribution in [-0.2, 0) is 0 Å². The number of rotatable bonds is 4. The van der Waals surface area contributed by atoms with Crippen molar-refractivity contribution in [1.29, 1.82) is 0 Å². The zero-order valence-corrected chi connectivity index (χ0v) is 17.5. The SMILES string of the molecule is COc1ccc(C(=O)N2CCN(C(=O)c3cc4c(F)cccc4s3)CC2)cc1OC. The van der Waals surface area contributed by atoms with Gasteiger partial charge >= 0.3 is 0 Å². The van der Waals surface area contributed by atoms with Crippen molar-refractivity contribution in [3.8, 4) is 11.5 Å². The third-order valence-electron chi connectivity index (χ3n) is 5.20. The molecule has 0 N–H and O–H groups in total. The molecule has 4 rings (SSSR count). The van der Waals surface area contributed by atoms with Crippen molar-refractivity contribution in [2.45, 2.75) is 0 Å². The Kier molecular flexibility index (Phi) is 5.59. The number of piperazine rings is 1. The van der Waals surface area contributed by atoms with E-state index in [1.807, 2.05) is 0 Å². The zero-order valence-electron chi connectivity index (χ0n) is 16.7. The number of hydrogen-bond donors (Lipinski definition) is 0. The molecular formula is C22H21FN2O4S. The highest BCUT2D eigenvalue weighted by molar-refractivity contribution is 7.20. The molecule has 156 valence electrons. The first-order valence-electron chi connectivity index (χ1n) is 9.50. The fourth-order valence-corrected chi connectivity index (χ4v) is 4.59. The van der Waals surface area contributed by atoms with Crippen LogP contribution >= 0.6 is 11.3 Å². The van der Waals surface area contributed by atoms with Gasteiger partial charge in [-0.2, -0.15) is 0 Å². The Hall–Kier alpha value is -3.13. The molecule has 0 bridgehead atoms. The zero-order chi connectivity index (χ0) is 21.3. The minimum atomic E-state index is -0.326. The van der Waals surface area contributed by atoms with Gasteiger partial charge in [0.2, 0.25) is 0 Å². The van der Waals surface area contributed by atoms with Gasteiger partial charge in [-0.3, -0.25) is 9.59 Å². The number of carbonyl (C=O) groups excluding carboxylic acids is 2. The molecule has 1 saturated heterocycles. The van der Waals surface area contributed by atoms with Crippen molar-refractivity contribution < 1.29 is 23.5 Å². The highest BCUT2D eigenvalue weighted by atomic mass is 32.1. The molecule has 1 fully saturated rings. The summed E-state index contributed by atoms with van der Waals surface area (Å²) in [6.07, 6.45) is 0. The van der Waals surface area contributed by atoms with Crippen LogP contribution in [0.15, 0.2) is 42.5 Å². The maximum absolute atomic E-state index is 13.9. The minimum absolute atomic E-state index is 0.119. The molecule has 0 spiro atoms. The highest BCUT2D eigenvalue weighted by Crippen LogP contribution is 2.30. The van der Waals surface area contributed by atoms with Gasteiger partial charge in [0.1, 0.15) is 5.82 Å². The van der Waals surface area contributed by atoms with Gasteiger partial charge in [-0.05, 0) is 36.4 Å². The second kappa shape index (κ2) is 8.31. The lowest BCUT2D eigenvalue weighted by Gasteiger charge is -2.34. The molecule has 2 heterocycles. The molecule has 1 aliphatic rings. The number of benzene rings is 2. The smallest absolute Gasteiger partial charge is 0.264 e. The Morgan fingerprint density at radius 1 is 0.900 bits per heavy atom. The van der Waals surface area contributed by atoms with Gasteiger partial charge in [-0.25, -0.2) is 4.39 Å². The molecule has 2 amide bonds. The molecule has 0 aliphatic carbocycles. The van der Waals surface area contributed by atoms with Crippen molar-refractivity contribution in [3.05, 3.63) is 58.7 Å². The Bertz CT molecular complexity index is 1110. The Labute approximate surface area is 177 Å². The second-order valence-electron chi connectivity index (χ2n) is 6.92. The second-order valence-corrected chi connectivity index (χ2v) is 8.00. The van der Waals surface area contributed by atoms with E-state index in [1.54, 1.807) is 53.3 Å². The summed E-state index contributed by atoms with van der Waals surface area (Å²) in [5.41, 5.74) is 0.507. The first-order valence-corrected chi connectivity index (χ1v) is 10.3. The van der Waals surface area contributed by atoms with E-state index in [4.69, 9.17) is 9.47 Å². The van der Waals surface area contributed by atoms with Crippen LogP contribution in [0.5, 0.6) is 11.5 Å². The Balaban J connectivity index is 1.43. The van der Waals surface area contributed by atoms with Crippen LogP contribution in [0.25, 0.3) is 10.1 Å². The average molecular weight is 428 g/mol. The summed E-state index contributed by atoms with van der Waals surface area (Å²) in [5, 5.41) is 0.466. The number of ether oxygens (including phenoxy) is 2. The molecule has 0 radical (unpaired) electrons. The van der Waals surface area contributed by atoms with Crippen LogP contribution in [0.4, 0.5) is 4.39 Å². The van der Waals surface area contributed by atoms with E-state index < -0.39 is 0 Å². The number of carbonyl (C=O) groups is 2. The van der Waals surface area contributed by atoms with E-state index >= 15 is 0 Å². The quantitative estimate of drug-likeness (QED) is 0.637. The Morgan fingerprint density at radius 3 is 2.20 bits per heavy atom. The third-order valence-corrected chi connectivity index (χ3v) is 6.29. The summed E-state index contributed by atoms with van der Waals surface area (Å²) in [6.45, 7) is 1.71. The molecule has 0 saturated carbocycles. The molecule has 30 heavy (non-hydrogen) atoms. The molecule has 8 heteroatoms. The number of amides is 2. The number of hydrogen-bond acceptors (Lipinski definition) is 5. The van der Waals surface area contributed by atoms with E-state index in [0.717, 1.165) is 4.70 Å². The predicted octanol–water partition coefficient (Wildman–Crippen LogP) is 3.66. The summed E-state index contributed by atoms with van der Waals surface area (Å²) in [7, 11) is 3.07. The topological polar surface area (TPSA) is 59.1 Å². The highest BCUT2D eigenvalue weighted by Gasteiger charge is 2.27. The van der Waals surface area contributed by atoms with Crippen LogP contribution in [0.2, 0.25) is 0 Å². The van der Waals surface area contributed by atoms with Crippen LogP contribution in [-0.4, -0.2) is 62.0 Å². The van der Waals surface area contributed by atoms with Gasteiger partial charge in [0, 0.05) is 41.8 Å². The molecular weight excluding hydrogens is 407 g/mol. The Morgan fingerprint density at radius 2 is 1.57 bits per heavy atom. The maximum atomic E-state index is 13.9. The number of halogens is 1. The van der Waals surface area contributed by atoms with Crippen molar-refractivity contribution in [2.75, 3.05) is 40.4 Å². The summed E-state index contributed by atoms with van der Waals surface area (Å²) in [4.78, 5) is 29.7. The molecule has 3 aromatic rings. The first kappa shape index (κ1) is 20.2. The molecule has 1 aliphatic heterocycles. The van der Waals surface area contributed by atoms with E-state index in [0.29, 0.717) is 53.5 Å². The van der Waals surface area contributed by atoms with Crippen LogP contribution < -0.4 is 9.47 Å². The van der Waals surface area contributed by atoms with Gasteiger partial charge in [-0.1, -0.05) is 6.07 Å². The van der Waals surface area contributed by atoms with Gasteiger partial charge in [0.05, 0.1) is 19.1 Å². The van der Waals surface area contributed by atoms with E-state index in [-0.39, 0.29) is 17.6 Å². The lowest BCUT2D eigenvalue weighted by Crippen LogP contribution is -2.50. The molecule has 0 atom stereocenters. The number of methoxy groups -OCH3 is 2. The van der Waals surface area contributed by atoms with E-state index in [2.05, 4.69) is 0 Å². The van der Waals surface area contributed by atoms with Crippen molar-refractivity contribution in [2.24, 2.45) is 0 Å². The van der Waals surface area contributed by atoms with Crippen molar-refractivity contribution in [3.63, 3.8) is 0 Å². The summed E-state index contributed by atoms with van der Waals surface area (Å²) in [6, 6.07) is 11.5. The number of thiophene rings is 1. The van der Waals surface area contributed by atoms with Gasteiger partial charge in [-0.15, -0.1) is 11.3 Å². The molecule has 0 unspecified atom stereocenters. The third kappa shape index (κ3) is 3.70. The normalized spacial score (nSPS) is 14.1. The lowest BCUT2D eigenvalue weighted by atomic mass is 10.1. The number of fused-ring (bicyclic) bond motifs is 1. The summed E-state index contributed by atoms with van der Waals surface area (Å²) >= 11 is 1.29. The van der Waals surface area contributed by atoms with Crippen molar-refractivity contribution >= 4 is 33.2 Å². The molecule has 6 nitrogen and oxygen atoms in total. The van der Waals surface area contributed by atoms with E-state index in [1.165, 1.54) is 24.5 Å². The molecule has 2 aromatic carbocycles. The summed E-state index contributed by atoms with van der Waals surface area (Å²) < 4.78 is 25.2. The van der Waals surface area contributed by atoms with Gasteiger partial charge < -0.3 is 19.3 Å². The lowest BCUT2D eigenvalue weighted by molar-refractivity contribution is 0.0538. The number of nitrogens with zero attached hydrogens (tertiary/aromatic N) is 2. The van der Waals surface area contributed by atoms with Crippen LogP contribution in [0, 0.1) is 5.82 Å². The standard InChI is InChI=1S/C22H21FN2O4S/c1-28-17-7-6-14(12-18(17)29-2)21(26)24-8-10-25(11-9-24)22(27)20-13-15-16(23)4-3-5-19(15)30-20/h3-7,12-13H,8-11H2,1-2H3. The fraction of sp³-hybridized carbons (Fsp3) is 0.273. The first-order chi connectivity index (χ1) is 14.5. The fourth-order valence-electron chi connectivity index (χ4n) is 3.55. The van der Waals surface area contributed by atoms with Crippen LogP contribution in [0.1, 0.15) is 20.0 Å². The maximum Gasteiger partial charge on any atom is 0.264 e. The predicted molar refractivity (Wildman–Crippen MR) is 113 cm³/mol. The largest absolute Gasteiger partial charge is 0.493 e. The van der Waals surface area contributed by atoms with Crippen LogP contribution in [0.3, 0.4) is 0 Å². The minimum Gasteiger partial charge on any atom is -0.493 e. The monoisotopic (exact) mass is 428 g/mol. The molecule has 1 aromatic heterocycles. The summed E-state index contributed by atoms with van der Waals surface area (Å²) in [5.74, 6) is 0.479. The average Bonchev–Trinajstić information content (AvgIpc) is 3.23. The van der Waals surface area contributed by atoms with Gasteiger partial charge in [0.25, 0.3) is 11.8 Å².